The van der Waals surface area contributed by atoms with Crippen molar-refractivity contribution in [1.29, 1.82) is 0 Å². The summed E-state index contributed by atoms with van der Waals surface area (Å²) in [7, 11) is 0. The van der Waals surface area contributed by atoms with E-state index in [1.807, 2.05) is 24.3 Å². The summed E-state index contributed by atoms with van der Waals surface area (Å²) in [5.74, 6) is 0. The van der Waals surface area contributed by atoms with Crippen LogP contribution in [0.15, 0.2) is 36.0 Å². The first-order chi connectivity index (χ1) is 7.79. The third-order valence-electron chi connectivity index (χ3n) is 2.16. The van der Waals surface area contributed by atoms with Gasteiger partial charge >= 0.3 is 0 Å². The van der Waals surface area contributed by atoms with Crippen molar-refractivity contribution in [3.8, 4) is 0 Å². The predicted octanol–water partition coefficient (Wildman–Crippen LogP) is 2.94. The topological polar surface area (TPSA) is 45.1 Å². The van der Waals surface area contributed by atoms with Crippen LogP contribution in [-0.2, 0) is 0 Å². The highest BCUT2D eigenvalue weighted by Crippen LogP contribution is 2.22. The Balaban J connectivity index is 2.10. The van der Waals surface area contributed by atoms with E-state index in [2.05, 4.69) is 10.3 Å². The van der Waals surface area contributed by atoms with Crippen molar-refractivity contribution in [2.24, 2.45) is 0 Å². The lowest BCUT2D eigenvalue weighted by molar-refractivity contribution is 0.277. The Morgan fingerprint density at radius 1 is 1.38 bits per heavy atom. The molecule has 0 saturated carbocycles. The predicted molar refractivity (Wildman–Crippen MR) is 67.0 cm³/mol. The zero-order valence-corrected chi connectivity index (χ0v) is 10.0. The molecule has 0 spiro atoms. The monoisotopic (exact) mass is 254 g/mol. The van der Waals surface area contributed by atoms with Crippen molar-refractivity contribution in [2.45, 2.75) is 6.04 Å². The maximum absolute atomic E-state index is 9.30. The number of nitrogens with zero attached hydrogens (tertiary/aromatic N) is 1. The molecule has 0 radical (unpaired) electrons. The van der Waals surface area contributed by atoms with Gasteiger partial charge in [-0.3, -0.25) is 4.98 Å². The van der Waals surface area contributed by atoms with Crippen LogP contribution in [0, 0.1) is 0 Å². The maximum Gasteiger partial charge on any atom is 0.0853 e. The van der Waals surface area contributed by atoms with Crippen molar-refractivity contribution < 1.29 is 5.11 Å². The quantitative estimate of drug-likeness (QED) is 0.882. The van der Waals surface area contributed by atoms with Crippen LogP contribution in [0.4, 0.5) is 5.69 Å². The summed E-state index contributed by atoms with van der Waals surface area (Å²) in [6.45, 7) is 0.0326. The van der Waals surface area contributed by atoms with E-state index in [0.29, 0.717) is 5.02 Å². The molecule has 0 aliphatic heterocycles. The highest BCUT2D eigenvalue weighted by molar-refractivity contribution is 7.09. The van der Waals surface area contributed by atoms with E-state index in [4.69, 9.17) is 11.6 Å². The van der Waals surface area contributed by atoms with Gasteiger partial charge in [-0.2, -0.15) is 0 Å². The number of halogens is 1. The molecule has 1 aromatic heterocycles. The Bertz CT molecular complexity index is 430. The van der Waals surface area contributed by atoms with Gasteiger partial charge in [0.1, 0.15) is 0 Å². The molecule has 0 aliphatic rings. The van der Waals surface area contributed by atoms with E-state index < -0.39 is 0 Å². The molecule has 1 aromatic carbocycles. The fraction of sp³-hybridized carbons (Fsp3) is 0.182. The zero-order valence-electron chi connectivity index (χ0n) is 8.43. The number of aliphatic hydroxyl groups is 1. The van der Waals surface area contributed by atoms with E-state index in [1.54, 1.807) is 11.7 Å². The fourth-order valence-electron chi connectivity index (χ4n) is 1.35. The summed E-state index contributed by atoms with van der Waals surface area (Å²) < 4.78 is 0. The molecule has 2 aromatic rings. The highest BCUT2D eigenvalue weighted by atomic mass is 35.5. The van der Waals surface area contributed by atoms with Gasteiger partial charge in [-0.25, -0.2) is 0 Å². The zero-order chi connectivity index (χ0) is 11.4. The number of rotatable bonds is 4. The number of aliphatic hydroxyl groups excluding tert-OH is 1. The smallest absolute Gasteiger partial charge is 0.0853 e. The van der Waals surface area contributed by atoms with Gasteiger partial charge < -0.3 is 10.4 Å². The van der Waals surface area contributed by atoms with Crippen LogP contribution in [0.25, 0.3) is 0 Å². The van der Waals surface area contributed by atoms with Crippen molar-refractivity contribution in [2.75, 3.05) is 11.9 Å². The molecule has 3 nitrogen and oxygen atoms in total. The first kappa shape index (κ1) is 11.4. The average molecular weight is 255 g/mol. The third-order valence-corrected chi connectivity index (χ3v) is 3.30. The molecule has 2 N–H and O–H groups in total. The van der Waals surface area contributed by atoms with Gasteiger partial charge in [-0.05, 0) is 24.3 Å². The average Bonchev–Trinajstić information content (AvgIpc) is 2.82. The normalized spacial score (nSPS) is 12.4. The lowest BCUT2D eigenvalue weighted by Gasteiger charge is -2.15. The molecule has 0 amide bonds. The minimum atomic E-state index is -0.117. The Labute approximate surface area is 103 Å². The largest absolute Gasteiger partial charge is 0.394 e. The summed E-state index contributed by atoms with van der Waals surface area (Å²) in [4.78, 5) is 5.00. The summed E-state index contributed by atoms with van der Waals surface area (Å²) in [6.07, 6.45) is 1.76. The van der Waals surface area contributed by atoms with Crippen LogP contribution in [0.2, 0.25) is 5.02 Å². The Kier molecular flexibility index (Phi) is 3.77. The second-order valence-electron chi connectivity index (χ2n) is 3.29. The van der Waals surface area contributed by atoms with E-state index in [1.165, 1.54) is 11.3 Å². The van der Waals surface area contributed by atoms with Crippen molar-refractivity contribution >= 4 is 28.6 Å². The number of aromatic nitrogens is 1. The summed E-state index contributed by atoms with van der Waals surface area (Å²) in [6, 6.07) is 7.27. The lowest BCUT2D eigenvalue weighted by atomic mass is 10.2. The number of hydrogen-bond acceptors (Lipinski definition) is 4. The van der Waals surface area contributed by atoms with E-state index >= 15 is 0 Å². The van der Waals surface area contributed by atoms with E-state index in [-0.39, 0.29) is 12.6 Å². The van der Waals surface area contributed by atoms with Gasteiger partial charge in [0.05, 0.1) is 18.2 Å². The standard InChI is InChI=1S/C11H11ClN2OS/c12-8-1-3-9(4-2-8)14-10(6-15)11-5-13-7-16-11/h1-5,7,10,14-15H,6H2. The number of nitrogens with one attached hydrogen (secondary N) is 1. The first-order valence-electron chi connectivity index (χ1n) is 4.81. The van der Waals surface area contributed by atoms with Gasteiger partial charge in [0, 0.05) is 21.8 Å². The molecule has 2 rings (SSSR count). The van der Waals surface area contributed by atoms with Crippen molar-refractivity contribution in [1.82, 2.24) is 4.98 Å². The van der Waals surface area contributed by atoms with Gasteiger partial charge in [-0.15, -0.1) is 11.3 Å². The molecule has 0 fully saturated rings. The molecule has 0 bridgehead atoms. The number of benzene rings is 1. The Morgan fingerprint density at radius 3 is 2.69 bits per heavy atom. The molecule has 1 heterocycles. The van der Waals surface area contributed by atoms with Crippen LogP contribution in [-0.4, -0.2) is 16.7 Å². The molecular weight excluding hydrogens is 244 g/mol. The molecule has 0 saturated heterocycles. The molecule has 16 heavy (non-hydrogen) atoms. The number of hydrogen-bond donors (Lipinski definition) is 2. The van der Waals surface area contributed by atoms with Crippen LogP contribution in [0.1, 0.15) is 10.9 Å². The SMILES string of the molecule is OCC(Nc1ccc(Cl)cc1)c1cncs1. The summed E-state index contributed by atoms with van der Waals surface area (Å²) in [5.41, 5.74) is 2.68. The van der Waals surface area contributed by atoms with Crippen molar-refractivity contribution in [3.05, 3.63) is 45.9 Å². The second kappa shape index (κ2) is 5.30. The molecule has 5 heteroatoms. The van der Waals surface area contributed by atoms with Gasteiger partial charge in [0.15, 0.2) is 0 Å². The fourth-order valence-corrected chi connectivity index (χ4v) is 2.14. The number of thiazole rings is 1. The molecule has 0 aliphatic carbocycles. The molecule has 1 atom stereocenters. The summed E-state index contributed by atoms with van der Waals surface area (Å²) >= 11 is 7.31. The van der Waals surface area contributed by atoms with Crippen molar-refractivity contribution in [3.63, 3.8) is 0 Å². The minimum Gasteiger partial charge on any atom is -0.394 e. The second-order valence-corrected chi connectivity index (χ2v) is 4.64. The first-order valence-corrected chi connectivity index (χ1v) is 6.06. The van der Waals surface area contributed by atoms with E-state index in [0.717, 1.165) is 10.6 Å². The Hall–Kier alpha value is -1.10. The maximum atomic E-state index is 9.30. The Morgan fingerprint density at radius 2 is 2.12 bits per heavy atom. The van der Waals surface area contributed by atoms with Gasteiger partial charge in [0.25, 0.3) is 0 Å². The minimum absolute atomic E-state index is 0.0326. The number of anilines is 1. The van der Waals surface area contributed by atoms with Crippen LogP contribution >= 0.6 is 22.9 Å². The molecular formula is C11H11ClN2OS. The molecule has 1 unspecified atom stereocenters. The van der Waals surface area contributed by atoms with Crippen LogP contribution in [0.5, 0.6) is 0 Å². The van der Waals surface area contributed by atoms with E-state index in [9.17, 15) is 5.11 Å². The molecule has 84 valence electrons. The van der Waals surface area contributed by atoms with Gasteiger partial charge in [0.2, 0.25) is 0 Å². The summed E-state index contributed by atoms with van der Waals surface area (Å²) in [5, 5.41) is 13.2. The van der Waals surface area contributed by atoms with Crippen LogP contribution in [0.3, 0.4) is 0 Å². The van der Waals surface area contributed by atoms with Crippen LogP contribution < -0.4 is 5.32 Å². The lowest BCUT2D eigenvalue weighted by Crippen LogP contribution is -2.13. The third kappa shape index (κ3) is 2.72. The van der Waals surface area contributed by atoms with Gasteiger partial charge in [-0.1, -0.05) is 11.6 Å². The highest BCUT2D eigenvalue weighted by Gasteiger charge is 2.11.